The van der Waals surface area contributed by atoms with Crippen molar-refractivity contribution >= 4 is 6.08 Å². The van der Waals surface area contributed by atoms with Crippen molar-refractivity contribution in [2.24, 2.45) is 5.92 Å². The summed E-state index contributed by atoms with van der Waals surface area (Å²) in [7, 11) is 2.27. The minimum atomic E-state index is 0.617. The van der Waals surface area contributed by atoms with Crippen LogP contribution in [0.4, 0.5) is 0 Å². The van der Waals surface area contributed by atoms with Crippen LogP contribution in [0.15, 0.2) is 28.4 Å². The molecule has 0 spiro atoms. The molecule has 1 aliphatic rings. The van der Waals surface area contributed by atoms with Crippen LogP contribution in [-0.2, 0) is 0 Å². The van der Waals surface area contributed by atoms with Crippen molar-refractivity contribution in [2.45, 2.75) is 26.3 Å². The van der Waals surface area contributed by atoms with Crippen molar-refractivity contribution in [3.05, 3.63) is 29.7 Å². The summed E-state index contributed by atoms with van der Waals surface area (Å²) >= 11 is 0. The zero-order chi connectivity index (χ0) is 10.8. The van der Waals surface area contributed by atoms with E-state index >= 15 is 0 Å². The van der Waals surface area contributed by atoms with Gasteiger partial charge in [-0.05, 0) is 37.1 Å². The van der Waals surface area contributed by atoms with Crippen LogP contribution in [0.5, 0.6) is 0 Å². The molecule has 0 amide bonds. The molecule has 0 bridgehead atoms. The molecule has 1 saturated heterocycles. The summed E-state index contributed by atoms with van der Waals surface area (Å²) in [6, 6.07) is 4.58. The number of quaternary nitrogens is 1. The molecule has 0 aromatic carbocycles. The fourth-order valence-corrected chi connectivity index (χ4v) is 2.43. The summed E-state index contributed by atoms with van der Waals surface area (Å²) in [5.74, 6) is 1.76. The van der Waals surface area contributed by atoms with E-state index in [1.165, 1.54) is 18.5 Å². The highest BCUT2D eigenvalue weighted by molar-refractivity contribution is 5.48. The topological polar surface area (TPSA) is 17.6 Å². The van der Waals surface area contributed by atoms with E-state index in [1.807, 2.05) is 12.1 Å². The second-order valence-corrected chi connectivity index (χ2v) is 4.82. The zero-order valence-corrected chi connectivity index (χ0v) is 9.79. The van der Waals surface area contributed by atoms with Crippen LogP contribution in [0.1, 0.15) is 26.0 Å². The molecule has 1 unspecified atom stereocenters. The van der Waals surface area contributed by atoms with Crippen molar-refractivity contribution in [2.75, 3.05) is 13.6 Å². The van der Waals surface area contributed by atoms with E-state index in [9.17, 15) is 0 Å². The molecule has 2 nitrogen and oxygen atoms in total. The van der Waals surface area contributed by atoms with Crippen molar-refractivity contribution in [1.82, 2.24) is 0 Å². The van der Waals surface area contributed by atoms with Gasteiger partial charge in [0.15, 0.2) is 0 Å². The molecule has 0 aliphatic carbocycles. The maximum absolute atomic E-state index is 5.37. The Balaban J connectivity index is 2.20. The first-order valence-corrected chi connectivity index (χ1v) is 5.73. The summed E-state index contributed by atoms with van der Waals surface area (Å²) in [5, 5.41) is 0. The number of furan rings is 1. The summed E-state index contributed by atoms with van der Waals surface area (Å²) in [6.07, 6.45) is 5.16. The number of rotatable bonds is 1. The molecular weight excluding hydrogens is 186 g/mol. The number of piperidine rings is 1. The Hall–Kier alpha value is -1.02. The molecule has 1 aromatic rings. The Kier molecular flexibility index (Phi) is 2.96. The number of likely N-dealkylation sites (tertiary alicyclic amines) is 1. The molecule has 2 heterocycles. The Morgan fingerprint density at radius 1 is 1.47 bits per heavy atom. The van der Waals surface area contributed by atoms with Crippen LogP contribution in [0.3, 0.4) is 0 Å². The lowest BCUT2D eigenvalue weighted by Gasteiger charge is -2.32. The largest absolute Gasteiger partial charge is 0.465 e. The van der Waals surface area contributed by atoms with Gasteiger partial charge in [0.05, 0.1) is 19.9 Å². The summed E-state index contributed by atoms with van der Waals surface area (Å²) in [5.41, 5.74) is 1.52. The van der Waals surface area contributed by atoms with Crippen molar-refractivity contribution < 1.29 is 9.32 Å². The molecule has 82 valence electrons. The van der Waals surface area contributed by atoms with Gasteiger partial charge in [0, 0.05) is 5.92 Å². The van der Waals surface area contributed by atoms with E-state index in [1.54, 1.807) is 11.2 Å². The minimum Gasteiger partial charge on any atom is -0.465 e. The molecule has 1 N–H and O–H groups in total. The van der Waals surface area contributed by atoms with Gasteiger partial charge in [0.1, 0.15) is 11.8 Å². The second-order valence-electron chi connectivity index (χ2n) is 4.82. The van der Waals surface area contributed by atoms with E-state index in [2.05, 4.69) is 27.0 Å². The number of nitrogens with one attached hydrogen (secondary N) is 1. The van der Waals surface area contributed by atoms with Gasteiger partial charge in [-0.25, -0.2) is 0 Å². The number of hydrogen-bond acceptors (Lipinski definition) is 1. The Morgan fingerprint density at radius 2 is 2.27 bits per heavy atom. The normalized spacial score (nSPS) is 34.6. The Morgan fingerprint density at radius 3 is 2.93 bits per heavy atom. The van der Waals surface area contributed by atoms with Gasteiger partial charge in [-0.1, -0.05) is 6.92 Å². The monoisotopic (exact) mass is 206 g/mol. The SMILES string of the molecule is C[C@H]1C/C(=C/c2ccco2)[C@@H](C)[NH+](C)C1. The number of likely N-dealkylation sites (N-methyl/N-ethyl adjacent to an activating group) is 1. The van der Waals surface area contributed by atoms with Crippen LogP contribution in [0, 0.1) is 5.92 Å². The maximum atomic E-state index is 5.37. The molecule has 1 aromatic heterocycles. The van der Waals surface area contributed by atoms with Crippen molar-refractivity contribution in [1.29, 1.82) is 0 Å². The summed E-state index contributed by atoms with van der Waals surface area (Å²) < 4.78 is 5.37. The fourth-order valence-electron chi connectivity index (χ4n) is 2.43. The first-order chi connectivity index (χ1) is 7.16. The van der Waals surface area contributed by atoms with E-state index in [0.717, 1.165) is 11.7 Å². The zero-order valence-electron chi connectivity index (χ0n) is 9.79. The number of hydrogen-bond donors (Lipinski definition) is 1. The van der Waals surface area contributed by atoms with E-state index < -0.39 is 0 Å². The van der Waals surface area contributed by atoms with Crippen LogP contribution < -0.4 is 4.90 Å². The first kappa shape index (κ1) is 10.5. The van der Waals surface area contributed by atoms with Gasteiger partial charge in [0.2, 0.25) is 0 Å². The molecule has 15 heavy (non-hydrogen) atoms. The fraction of sp³-hybridized carbons (Fsp3) is 0.538. The van der Waals surface area contributed by atoms with Crippen LogP contribution in [0.25, 0.3) is 6.08 Å². The molecule has 2 rings (SSSR count). The lowest BCUT2D eigenvalue weighted by Crippen LogP contribution is -3.14. The van der Waals surface area contributed by atoms with Crippen LogP contribution >= 0.6 is 0 Å². The standard InChI is InChI=1S/C13H19NO/c1-10-7-12(11(2)14(3)9-10)8-13-5-4-6-15-13/h4-6,8,10-11H,7,9H2,1-3H3/p+1/b12-8-/t10-,11+/m0/s1. The molecule has 1 aliphatic heterocycles. The average Bonchev–Trinajstić information content (AvgIpc) is 2.66. The molecule has 0 radical (unpaired) electrons. The minimum absolute atomic E-state index is 0.617. The predicted molar refractivity (Wildman–Crippen MR) is 61.7 cm³/mol. The van der Waals surface area contributed by atoms with Gasteiger partial charge in [-0.3, -0.25) is 0 Å². The molecule has 0 saturated carbocycles. The second kappa shape index (κ2) is 4.23. The quantitative estimate of drug-likeness (QED) is 0.739. The molecule has 3 atom stereocenters. The van der Waals surface area contributed by atoms with Gasteiger partial charge >= 0.3 is 0 Å². The third-order valence-electron chi connectivity index (χ3n) is 3.42. The van der Waals surface area contributed by atoms with Gasteiger partial charge < -0.3 is 9.32 Å². The average molecular weight is 206 g/mol. The third kappa shape index (κ3) is 2.32. The van der Waals surface area contributed by atoms with Gasteiger partial charge in [-0.15, -0.1) is 0 Å². The van der Waals surface area contributed by atoms with Crippen LogP contribution in [0.2, 0.25) is 0 Å². The Bertz CT molecular complexity index is 339. The van der Waals surface area contributed by atoms with E-state index in [-0.39, 0.29) is 0 Å². The van der Waals surface area contributed by atoms with Crippen LogP contribution in [-0.4, -0.2) is 19.6 Å². The lowest BCUT2D eigenvalue weighted by atomic mass is 9.90. The van der Waals surface area contributed by atoms with Crippen molar-refractivity contribution in [3.8, 4) is 0 Å². The highest BCUT2D eigenvalue weighted by Gasteiger charge is 2.27. The summed E-state index contributed by atoms with van der Waals surface area (Å²) in [4.78, 5) is 1.60. The molecular formula is C13H20NO+. The Labute approximate surface area is 91.6 Å². The van der Waals surface area contributed by atoms with Gasteiger partial charge in [-0.2, -0.15) is 0 Å². The highest BCUT2D eigenvalue weighted by atomic mass is 16.3. The first-order valence-electron chi connectivity index (χ1n) is 5.73. The molecule has 2 heteroatoms. The van der Waals surface area contributed by atoms with Gasteiger partial charge in [0.25, 0.3) is 0 Å². The smallest absolute Gasteiger partial charge is 0.126 e. The third-order valence-corrected chi connectivity index (χ3v) is 3.42. The van der Waals surface area contributed by atoms with E-state index in [0.29, 0.717) is 6.04 Å². The predicted octanol–water partition coefficient (Wildman–Crippen LogP) is 1.61. The van der Waals surface area contributed by atoms with Crippen molar-refractivity contribution in [3.63, 3.8) is 0 Å². The van der Waals surface area contributed by atoms with E-state index in [4.69, 9.17) is 4.42 Å². The highest BCUT2D eigenvalue weighted by Crippen LogP contribution is 2.20. The maximum Gasteiger partial charge on any atom is 0.126 e. The lowest BCUT2D eigenvalue weighted by molar-refractivity contribution is -0.905. The summed E-state index contributed by atoms with van der Waals surface area (Å²) in [6.45, 7) is 5.90. The molecule has 1 fully saturated rings.